The number of rotatable bonds is 6. The van der Waals surface area contributed by atoms with Crippen LogP contribution in [-0.2, 0) is 6.54 Å². The molecule has 0 aromatic carbocycles. The van der Waals surface area contributed by atoms with Gasteiger partial charge in [-0.25, -0.2) is 0 Å². The van der Waals surface area contributed by atoms with Crippen molar-refractivity contribution in [3.63, 3.8) is 0 Å². The lowest BCUT2D eigenvalue weighted by molar-refractivity contribution is 0.460. The Hall–Kier alpha value is -0.760. The van der Waals surface area contributed by atoms with Crippen molar-refractivity contribution < 1.29 is 4.42 Å². The normalized spacial score (nSPS) is 13.1. The number of hydrogen-bond acceptors (Lipinski definition) is 2. The van der Waals surface area contributed by atoms with Crippen molar-refractivity contribution in [2.75, 3.05) is 0 Å². The summed E-state index contributed by atoms with van der Waals surface area (Å²) >= 11 is 0. The van der Waals surface area contributed by atoms with Crippen LogP contribution in [0.1, 0.15) is 38.7 Å². The van der Waals surface area contributed by atoms with Crippen LogP contribution in [-0.4, -0.2) is 6.04 Å². The number of furan rings is 1. The molecule has 1 unspecified atom stereocenters. The van der Waals surface area contributed by atoms with E-state index in [1.807, 2.05) is 6.07 Å². The van der Waals surface area contributed by atoms with Gasteiger partial charge in [0.15, 0.2) is 0 Å². The number of nitrogens with one attached hydrogen (secondary N) is 1. The molecule has 0 radical (unpaired) electrons. The molecule has 1 heterocycles. The van der Waals surface area contributed by atoms with Gasteiger partial charge in [-0.15, -0.1) is 0 Å². The summed E-state index contributed by atoms with van der Waals surface area (Å²) in [6, 6.07) is 2.66. The maximum atomic E-state index is 5.00. The highest BCUT2D eigenvalue weighted by Crippen LogP contribution is 2.04. The fourth-order valence-electron chi connectivity index (χ4n) is 1.45. The van der Waals surface area contributed by atoms with Crippen molar-refractivity contribution in [1.29, 1.82) is 0 Å². The van der Waals surface area contributed by atoms with E-state index < -0.39 is 0 Å². The largest absolute Gasteiger partial charge is 0.472 e. The molecular weight excluding hydrogens is 162 g/mol. The highest BCUT2D eigenvalue weighted by Gasteiger charge is 2.03. The van der Waals surface area contributed by atoms with E-state index >= 15 is 0 Å². The van der Waals surface area contributed by atoms with Gasteiger partial charge in [-0.3, -0.25) is 0 Å². The first-order valence-corrected chi connectivity index (χ1v) is 5.11. The lowest BCUT2D eigenvalue weighted by atomic mass is 10.1. The molecule has 1 rings (SSSR count). The first-order valence-electron chi connectivity index (χ1n) is 5.11. The molecule has 0 aliphatic carbocycles. The summed E-state index contributed by atoms with van der Waals surface area (Å²) < 4.78 is 5.00. The van der Waals surface area contributed by atoms with Crippen LogP contribution in [0.5, 0.6) is 0 Å². The summed E-state index contributed by atoms with van der Waals surface area (Å²) in [6.07, 6.45) is 7.22. The summed E-state index contributed by atoms with van der Waals surface area (Å²) in [5, 5.41) is 3.51. The quantitative estimate of drug-likeness (QED) is 0.730. The Bertz CT molecular complexity index is 206. The zero-order chi connectivity index (χ0) is 9.52. The summed E-state index contributed by atoms with van der Waals surface area (Å²) in [7, 11) is 0. The minimum absolute atomic E-state index is 0.653. The summed E-state index contributed by atoms with van der Waals surface area (Å²) in [4.78, 5) is 0. The highest BCUT2D eigenvalue weighted by molar-refractivity contribution is 5.04. The van der Waals surface area contributed by atoms with E-state index in [1.165, 1.54) is 24.8 Å². The second-order valence-corrected chi connectivity index (χ2v) is 3.41. The number of hydrogen-bond donors (Lipinski definition) is 1. The Morgan fingerprint density at radius 2 is 2.31 bits per heavy atom. The summed E-state index contributed by atoms with van der Waals surface area (Å²) in [5.74, 6) is 0. The van der Waals surface area contributed by atoms with E-state index in [0.717, 1.165) is 6.54 Å². The smallest absolute Gasteiger partial charge is 0.0947 e. The average Bonchev–Trinajstić information content (AvgIpc) is 2.64. The predicted octanol–water partition coefficient (Wildman–Crippen LogP) is 2.95. The monoisotopic (exact) mass is 181 g/mol. The van der Waals surface area contributed by atoms with E-state index in [1.54, 1.807) is 12.5 Å². The van der Waals surface area contributed by atoms with Gasteiger partial charge in [0.05, 0.1) is 12.5 Å². The van der Waals surface area contributed by atoms with Gasteiger partial charge in [0.25, 0.3) is 0 Å². The second-order valence-electron chi connectivity index (χ2n) is 3.41. The van der Waals surface area contributed by atoms with Gasteiger partial charge < -0.3 is 9.73 Å². The minimum atomic E-state index is 0.653. The van der Waals surface area contributed by atoms with Gasteiger partial charge in [0, 0.05) is 18.2 Å². The third kappa shape index (κ3) is 3.64. The maximum Gasteiger partial charge on any atom is 0.0947 e. The molecule has 0 aliphatic rings. The van der Waals surface area contributed by atoms with Crippen molar-refractivity contribution in [3.8, 4) is 0 Å². The van der Waals surface area contributed by atoms with Gasteiger partial charge in [-0.1, -0.05) is 20.3 Å². The van der Waals surface area contributed by atoms with Crippen LogP contribution >= 0.6 is 0 Å². The first-order chi connectivity index (χ1) is 6.36. The third-order valence-corrected chi connectivity index (χ3v) is 2.30. The van der Waals surface area contributed by atoms with Crippen molar-refractivity contribution in [2.45, 2.75) is 45.7 Å². The van der Waals surface area contributed by atoms with Crippen LogP contribution in [0.15, 0.2) is 23.0 Å². The molecule has 2 nitrogen and oxygen atoms in total. The highest BCUT2D eigenvalue weighted by atomic mass is 16.3. The lowest BCUT2D eigenvalue weighted by Gasteiger charge is -2.14. The Morgan fingerprint density at radius 1 is 1.46 bits per heavy atom. The fraction of sp³-hybridized carbons (Fsp3) is 0.636. The molecule has 1 N–H and O–H groups in total. The van der Waals surface area contributed by atoms with Gasteiger partial charge >= 0.3 is 0 Å². The van der Waals surface area contributed by atoms with Crippen molar-refractivity contribution in [3.05, 3.63) is 24.2 Å². The molecule has 0 saturated heterocycles. The molecule has 0 fully saturated rings. The van der Waals surface area contributed by atoms with Crippen LogP contribution in [0.4, 0.5) is 0 Å². The Balaban J connectivity index is 2.23. The molecule has 0 saturated carbocycles. The molecule has 1 aromatic rings. The lowest BCUT2D eigenvalue weighted by Crippen LogP contribution is -2.27. The molecule has 0 bridgehead atoms. The van der Waals surface area contributed by atoms with Crippen LogP contribution in [0.3, 0.4) is 0 Å². The second kappa shape index (κ2) is 5.81. The molecule has 74 valence electrons. The van der Waals surface area contributed by atoms with E-state index in [9.17, 15) is 0 Å². The standard InChI is InChI=1S/C11H19NO/c1-3-5-11(4-2)12-8-10-6-7-13-9-10/h6-7,9,11-12H,3-5,8H2,1-2H3. The molecule has 0 aliphatic heterocycles. The summed E-state index contributed by atoms with van der Waals surface area (Å²) in [6.45, 7) is 5.37. The van der Waals surface area contributed by atoms with Gasteiger partial charge in [0.2, 0.25) is 0 Å². The van der Waals surface area contributed by atoms with Gasteiger partial charge in [-0.05, 0) is 18.9 Å². The maximum absolute atomic E-state index is 5.00. The van der Waals surface area contributed by atoms with Crippen molar-refractivity contribution in [1.82, 2.24) is 5.32 Å². The van der Waals surface area contributed by atoms with Gasteiger partial charge in [0.1, 0.15) is 0 Å². The minimum Gasteiger partial charge on any atom is -0.472 e. The van der Waals surface area contributed by atoms with Crippen molar-refractivity contribution in [2.24, 2.45) is 0 Å². The average molecular weight is 181 g/mol. The van der Waals surface area contributed by atoms with Gasteiger partial charge in [-0.2, -0.15) is 0 Å². The Morgan fingerprint density at radius 3 is 2.85 bits per heavy atom. The zero-order valence-corrected chi connectivity index (χ0v) is 8.55. The zero-order valence-electron chi connectivity index (χ0n) is 8.55. The molecular formula is C11H19NO. The first kappa shape index (κ1) is 10.3. The Labute approximate surface area is 80.3 Å². The van der Waals surface area contributed by atoms with Crippen LogP contribution in [0.2, 0.25) is 0 Å². The van der Waals surface area contributed by atoms with E-state index in [0.29, 0.717) is 6.04 Å². The van der Waals surface area contributed by atoms with Crippen molar-refractivity contribution >= 4 is 0 Å². The molecule has 0 spiro atoms. The topological polar surface area (TPSA) is 25.2 Å². The predicted molar refractivity (Wildman–Crippen MR) is 54.5 cm³/mol. The fourth-order valence-corrected chi connectivity index (χ4v) is 1.45. The molecule has 1 aromatic heterocycles. The van der Waals surface area contributed by atoms with E-state index in [4.69, 9.17) is 4.42 Å². The molecule has 1 atom stereocenters. The third-order valence-electron chi connectivity index (χ3n) is 2.30. The van der Waals surface area contributed by atoms with Crippen LogP contribution in [0.25, 0.3) is 0 Å². The Kier molecular flexibility index (Phi) is 4.61. The molecule has 0 amide bonds. The molecule has 13 heavy (non-hydrogen) atoms. The van der Waals surface area contributed by atoms with E-state index in [-0.39, 0.29) is 0 Å². The molecule has 2 heteroatoms. The summed E-state index contributed by atoms with van der Waals surface area (Å²) in [5.41, 5.74) is 1.23. The van der Waals surface area contributed by atoms with E-state index in [2.05, 4.69) is 19.2 Å². The van der Waals surface area contributed by atoms with Crippen LogP contribution < -0.4 is 5.32 Å². The SMILES string of the molecule is CCCC(CC)NCc1ccoc1. The van der Waals surface area contributed by atoms with Crippen LogP contribution in [0, 0.1) is 0 Å².